The van der Waals surface area contributed by atoms with Gasteiger partial charge in [0, 0.05) is 11.3 Å². The van der Waals surface area contributed by atoms with Crippen molar-refractivity contribution < 1.29 is 4.74 Å². The van der Waals surface area contributed by atoms with Gasteiger partial charge in [0.1, 0.15) is 11.6 Å². The molecule has 0 bridgehead atoms. The number of allylic oxidation sites excluding steroid dienone is 1. The average Bonchev–Trinajstić information content (AvgIpc) is 2.93. The highest BCUT2D eigenvalue weighted by Crippen LogP contribution is 2.42. The third kappa shape index (κ3) is 1.96. The molecule has 0 spiro atoms. The minimum absolute atomic E-state index is 0.115. The maximum atomic E-state index is 9.56. The van der Waals surface area contributed by atoms with Crippen molar-refractivity contribution in [1.29, 1.82) is 5.26 Å². The summed E-state index contributed by atoms with van der Waals surface area (Å²) < 4.78 is 5.49. The number of nitriles is 1. The standard InChI is InChI=1S/C18H14N4O/c1-10-15-16(14(9-19)17(20)23-18(15)22-21-10)13-7-6-11-4-2-3-5-12(11)8-13/h2-8,16H,20H2,1H3,(H,21,22)/t16-/m0/s1. The molecule has 1 aromatic heterocycles. The van der Waals surface area contributed by atoms with Crippen molar-refractivity contribution in [2.24, 2.45) is 5.73 Å². The average molecular weight is 302 g/mol. The van der Waals surface area contributed by atoms with E-state index in [1.165, 1.54) is 0 Å². The second kappa shape index (κ2) is 4.89. The molecule has 0 aliphatic carbocycles. The quantitative estimate of drug-likeness (QED) is 0.723. The highest BCUT2D eigenvalue weighted by molar-refractivity contribution is 5.83. The van der Waals surface area contributed by atoms with E-state index < -0.39 is 0 Å². The Hall–Kier alpha value is -3.26. The summed E-state index contributed by atoms with van der Waals surface area (Å²) in [5, 5.41) is 18.9. The lowest BCUT2D eigenvalue weighted by atomic mass is 9.83. The summed E-state index contributed by atoms with van der Waals surface area (Å²) >= 11 is 0. The van der Waals surface area contributed by atoms with Gasteiger partial charge in [-0.2, -0.15) is 5.26 Å². The Balaban J connectivity index is 1.97. The van der Waals surface area contributed by atoms with E-state index in [1.807, 2.05) is 25.1 Å². The zero-order valence-electron chi connectivity index (χ0n) is 12.5. The predicted octanol–water partition coefficient (Wildman–Crippen LogP) is 3.09. The number of hydrogen-bond acceptors (Lipinski definition) is 4. The molecule has 0 unspecified atom stereocenters. The molecule has 23 heavy (non-hydrogen) atoms. The highest BCUT2D eigenvalue weighted by atomic mass is 16.5. The summed E-state index contributed by atoms with van der Waals surface area (Å²) in [5.74, 6) is 0.286. The Kier molecular flexibility index (Phi) is 2.85. The largest absolute Gasteiger partial charge is 0.420 e. The molecule has 2 heterocycles. The number of aromatic amines is 1. The lowest BCUT2D eigenvalue weighted by molar-refractivity contribution is 0.379. The monoisotopic (exact) mass is 302 g/mol. The molecule has 1 atom stereocenters. The molecule has 0 saturated carbocycles. The van der Waals surface area contributed by atoms with Gasteiger partial charge in [0.25, 0.3) is 0 Å². The van der Waals surface area contributed by atoms with Crippen LogP contribution in [-0.2, 0) is 0 Å². The van der Waals surface area contributed by atoms with E-state index in [0.717, 1.165) is 27.6 Å². The number of ether oxygens (including phenoxy) is 1. The molecule has 0 saturated heterocycles. The minimum Gasteiger partial charge on any atom is -0.420 e. The molecule has 3 N–H and O–H groups in total. The summed E-state index contributed by atoms with van der Waals surface area (Å²) in [5.41, 5.74) is 9.09. The van der Waals surface area contributed by atoms with Crippen molar-refractivity contribution >= 4 is 10.8 Å². The summed E-state index contributed by atoms with van der Waals surface area (Å²) in [7, 11) is 0. The van der Waals surface area contributed by atoms with Crippen LogP contribution in [-0.4, -0.2) is 10.2 Å². The fourth-order valence-electron chi connectivity index (χ4n) is 3.12. The Labute approximate surface area is 133 Å². The summed E-state index contributed by atoms with van der Waals surface area (Å²) in [4.78, 5) is 0. The SMILES string of the molecule is Cc1[nH]nc2c1[C@@H](c1ccc3ccccc3c1)C(C#N)=C(N)O2. The smallest absolute Gasteiger partial charge is 0.244 e. The topological polar surface area (TPSA) is 87.7 Å². The molecule has 1 aliphatic rings. The summed E-state index contributed by atoms with van der Waals surface area (Å²) in [6.07, 6.45) is 0. The Morgan fingerprint density at radius 2 is 2.00 bits per heavy atom. The third-order valence-corrected chi connectivity index (χ3v) is 4.24. The van der Waals surface area contributed by atoms with Gasteiger partial charge in [0.05, 0.1) is 5.92 Å². The fraction of sp³-hybridized carbons (Fsp3) is 0.111. The highest BCUT2D eigenvalue weighted by Gasteiger charge is 2.34. The normalized spacial score (nSPS) is 16.8. The Morgan fingerprint density at radius 3 is 2.78 bits per heavy atom. The number of rotatable bonds is 1. The molecular weight excluding hydrogens is 288 g/mol. The number of aromatic nitrogens is 2. The minimum atomic E-state index is -0.271. The second-order valence-electron chi connectivity index (χ2n) is 5.60. The van der Waals surface area contributed by atoms with Gasteiger partial charge in [-0.3, -0.25) is 5.10 Å². The molecule has 0 radical (unpaired) electrons. The van der Waals surface area contributed by atoms with Crippen LogP contribution in [0, 0.1) is 18.3 Å². The van der Waals surface area contributed by atoms with Gasteiger partial charge in [0.2, 0.25) is 11.8 Å². The van der Waals surface area contributed by atoms with E-state index in [0.29, 0.717) is 11.5 Å². The first-order valence-corrected chi connectivity index (χ1v) is 7.30. The van der Waals surface area contributed by atoms with Gasteiger partial charge >= 0.3 is 0 Å². The Bertz CT molecular complexity index is 994. The first kappa shape index (κ1) is 13.4. The number of H-pyrrole nitrogens is 1. The molecule has 1 aliphatic heterocycles. The molecular formula is C18H14N4O. The lowest BCUT2D eigenvalue weighted by Gasteiger charge is -2.23. The van der Waals surface area contributed by atoms with Gasteiger partial charge < -0.3 is 10.5 Å². The number of aryl methyl sites for hydroxylation is 1. The van der Waals surface area contributed by atoms with Crippen LogP contribution in [0.5, 0.6) is 5.88 Å². The number of hydrogen-bond donors (Lipinski definition) is 2. The van der Waals surface area contributed by atoms with E-state index in [4.69, 9.17) is 10.5 Å². The molecule has 0 fully saturated rings. The van der Waals surface area contributed by atoms with Crippen LogP contribution in [0.15, 0.2) is 53.9 Å². The van der Waals surface area contributed by atoms with Crippen molar-refractivity contribution in [3.63, 3.8) is 0 Å². The predicted molar refractivity (Wildman–Crippen MR) is 86.6 cm³/mol. The van der Waals surface area contributed by atoms with Crippen molar-refractivity contribution in [2.45, 2.75) is 12.8 Å². The van der Waals surface area contributed by atoms with E-state index >= 15 is 0 Å². The Morgan fingerprint density at radius 1 is 1.22 bits per heavy atom. The molecule has 5 nitrogen and oxygen atoms in total. The number of nitrogens with zero attached hydrogens (tertiary/aromatic N) is 2. The number of fused-ring (bicyclic) bond motifs is 2. The van der Waals surface area contributed by atoms with Crippen molar-refractivity contribution in [3.05, 3.63) is 70.7 Å². The first-order valence-electron chi connectivity index (χ1n) is 7.30. The first-order chi connectivity index (χ1) is 11.2. The van der Waals surface area contributed by atoms with Crippen LogP contribution in [0.3, 0.4) is 0 Å². The van der Waals surface area contributed by atoms with Crippen molar-refractivity contribution in [1.82, 2.24) is 10.2 Å². The molecule has 4 rings (SSSR count). The van der Waals surface area contributed by atoms with Crippen molar-refractivity contribution in [2.75, 3.05) is 0 Å². The number of nitrogens with two attached hydrogens (primary N) is 1. The zero-order valence-corrected chi connectivity index (χ0v) is 12.5. The molecule has 112 valence electrons. The maximum Gasteiger partial charge on any atom is 0.244 e. The lowest BCUT2D eigenvalue weighted by Crippen LogP contribution is -2.21. The van der Waals surface area contributed by atoms with E-state index in [9.17, 15) is 5.26 Å². The van der Waals surface area contributed by atoms with E-state index in [-0.39, 0.29) is 11.8 Å². The zero-order chi connectivity index (χ0) is 16.0. The van der Waals surface area contributed by atoms with Crippen LogP contribution >= 0.6 is 0 Å². The van der Waals surface area contributed by atoms with E-state index in [1.54, 1.807) is 0 Å². The van der Waals surface area contributed by atoms with Gasteiger partial charge in [-0.25, -0.2) is 0 Å². The number of benzene rings is 2. The third-order valence-electron chi connectivity index (χ3n) is 4.24. The van der Waals surface area contributed by atoms with Crippen molar-refractivity contribution in [3.8, 4) is 11.9 Å². The van der Waals surface area contributed by atoms with Crippen LogP contribution in [0.2, 0.25) is 0 Å². The maximum absolute atomic E-state index is 9.56. The van der Waals surface area contributed by atoms with Crippen LogP contribution in [0.4, 0.5) is 0 Å². The molecule has 2 aromatic carbocycles. The van der Waals surface area contributed by atoms with Crippen LogP contribution < -0.4 is 10.5 Å². The van der Waals surface area contributed by atoms with Gasteiger partial charge in [-0.05, 0) is 23.3 Å². The number of nitrogens with one attached hydrogen (secondary N) is 1. The van der Waals surface area contributed by atoms with Crippen LogP contribution in [0.1, 0.15) is 22.7 Å². The van der Waals surface area contributed by atoms with Gasteiger partial charge in [-0.1, -0.05) is 42.5 Å². The molecule has 0 amide bonds. The van der Waals surface area contributed by atoms with Crippen LogP contribution in [0.25, 0.3) is 10.8 Å². The molecule has 3 aromatic rings. The summed E-state index contributed by atoms with van der Waals surface area (Å²) in [6, 6.07) is 16.5. The second-order valence-corrected chi connectivity index (χ2v) is 5.60. The van der Waals surface area contributed by atoms with Gasteiger partial charge in [-0.15, -0.1) is 5.10 Å². The fourth-order valence-corrected chi connectivity index (χ4v) is 3.12. The summed E-state index contributed by atoms with van der Waals surface area (Å²) in [6.45, 7) is 1.92. The molecule has 5 heteroatoms. The van der Waals surface area contributed by atoms with Gasteiger partial charge in [0.15, 0.2) is 0 Å². The van der Waals surface area contributed by atoms with E-state index in [2.05, 4.69) is 40.5 Å².